The molecule has 2 rings (SSSR count). The van der Waals surface area contributed by atoms with Crippen LogP contribution in [0.25, 0.3) is 0 Å². The Balaban J connectivity index is 2.01. The summed E-state index contributed by atoms with van der Waals surface area (Å²) < 4.78 is 6.39. The molecule has 0 radical (unpaired) electrons. The maximum absolute atomic E-state index is 8.79. The fourth-order valence-electron chi connectivity index (χ4n) is 1.54. The Labute approximate surface area is 126 Å². The van der Waals surface area contributed by atoms with Gasteiger partial charge in [0.15, 0.2) is 4.34 Å². The third-order valence-corrected chi connectivity index (χ3v) is 4.57. The average molecular weight is 305 g/mol. The fraction of sp³-hybridized carbons (Fsp3) is 0.357. The summed E-state index contributed by atoms with van der Waals surface area (Å²) in [5.41, 5.74) is 1.84. The van der Waals surface area contributed by atoms with Gasteiger partial charge in [-0.2, -0.15) is 5.26 Å². The van der Waals surface area contributed by atoms with Crippen LogP contribution >= 0.6 is 23.1 Å². The SMILES string of the molecule is CC(C)Oc1nnc(S[C@@H](C)c2ccc(C#N)cc2)s1. The van der Waals surface area contributed by atoms with Crippen molar-refractivity contribution in [3.05, 3.63) is 35.4 Å². The molecule has 0 amide bonds. The van der Waals surface area contributed by atoms with E-state index in [1.54, 1.807) is 11.8 Å². The summed E-state index contributed by atoms with van der Waals surface area (Å²) in [6, 6.07) is 9.74. The molecule has 0 bridgehead atoms. The molecule has 6 heteroatoms. The molecule has 0 saturated carbocycles. The second-order valence-electron chi connectivity index (χ2n) is 4.49. The molecule has 2 aromatic rings. The molecule has 20 heavy (non-hydrogen) atoms. The van der Waals surface area contributed by atoms with Crippen molar-refractivity contribution >= 4 is 23.1 Å². The largest absolute Gasteiger partial charge is 0.466 e. The third-order valence-electron chi connectivity index (χ3n) is 2.51. The first-order chi connectivity index (χ1) is 9.58. The number of ether oxygens (including phenoxy) is 1. The Morgan fingerprint density at radius 3 is 2.50 bits per heavy atom. The highest BCUT2D eigenvalue weighted by Gasteiger charge is 2.13. The summed E-state index contributed by atoms with van der Waals surface area (Å²) in [6.45, 7) is 6.04. The number of thioether (sulfide) groups is 1. The van der Waals surface area contributed by atoms with E-state index in [9.17, 15) is 0 Å². The van der Waals surface area contributed by atoms with Crippen molar-refractivity contribution in [2.75, 3.05) is 0 Å². The summed E-state index contributed by atoms with van der Waals surface area (Å²) in [7, 11) is 0. The molecule has 1 atom stereocenters. The molecular formula is C14H15N3OS2. The first kappa shape index (κ1) is 14.8. The van der Waals surface area contributed by atoms with Crippen LogP contribution in [0.4, 0.5) is 0 Å². The van der Waals surface area contributed by atoms with Crippen molar-refractivity contribution in [1.82, 2.24) is 10.2 Å². The Morgan fingerprint density at radius 2 is 1.90 bits per heavy atom. The lowest BCUT2D eigenvalue weighted by Gasteiger charge is -2.08. The summed E-state index contributed by atoms with van der Waals surface area (Å²) in [5.74, 6) is 0. The van der Waals surface area contributed by atoms with Crippen molar-refractivity contribution in [1.29, 1.82) is 5.26 Å². The summed E-state index contributed by atoms with van der Waals surface area (Å²) in [6.07, 6.45) is 0.108. The van der Waals surface area contributed by atoms with E-state index in [1.807, 2.05) is 38.1 Å². The molecule has 1 heterocycles. The minimum absolute atomic E-state index is 0.108. The second kappa shape index (κ2) is 6.73. The molecule has 1 aromatic carbocycles. The summed E-state index contributed by atoms with van der Waals surface area (Å²) in [5, 5.41) is 17.8. The maximum atomic E-state index is 8.79. The highest BCUT2D eigenvalue weighted by atomic mass is 32.2. The van der Waals surface area contributed by atoms with Crippen LogP contribution in [0.2, 0.25) is 0 Å². The minimum Gasteiger partial charge on any atom is -0.466 e. The monoisotopic (exact) mass is 305 g/mol. The van der Waals surface area contributed by atoms with E-state index in [2.05, 4.69) is 23.2 Å². The van der Waals surface area contributed by atoms with Crippen molar-refractivity contribution < 1.29 is 4.74 Å². The van der Waals surface area contributed by atoms with Crippen LogP contribution in [-0.2, 0) is 0 Å². The molecule has 0 unspecified atom stereocenters. The fourth-order valence-corrected chi connectivity index (χ4v) is 3.62. The van der Waals surface area contributed by atoms with Crippen LogP contribution in [-0.4, -0.2) is 16.3 Å². The van der Waals surface area contributed by atoms with Crippen LogP contribution < -0.4 is 4.74 Å². The van der Waals surface area contributed by atoms with Crippen LogP contribution in [0.1, 0.15) is 37.1 Å². The molecule has 4 nitrogen and oxygen atoms in total. The van der Waals surface area contributed by atoms with Gasteiger partial charge >= 0.3 is 0 Å². The van der Waals surface area contributed by atoms with Crippen molar-refractivity contribution in [2.24, 2.45) is 0 Å². The van der Waals surface area contributed by atoms with Gasteiger partial charge in [0.05, 0.1) is 17.7 Å². The number of benzene rings is 1. The summed E-state index contributed by atoms with van der Waals surface area (Å²) in [4.78, 5) is 0. The van der Waals surface area contributed by atoms with Gasteiger partial charge in [-0.25, -0.2) is 0 Å². The lowest BCUT2D eigenvalue weighted by Crippen LogP contribution is -2.04. The predicted molar refractivity (Wildman–Crippen MR) is 81.1 cm³/mol. The number of hydrogen-bond acceptors (Lipinski definition) is 6. The van der Waals surface area contributed by atoms with Gasteiger partial charge in [-0.3, -0.25) is 0 Å². The normalized spacial score (nSPS) is 12.2. The Bertz CT molecular complexity index is 602. The molecule has 0 saturated heterocycles. The lowest BCUT2D eigenvalue weighted by atomic mass is 10.1. The van der Waals surface area contributed by atoms with Gasteiger partial charge in [-0.15, -0.1) is 5.10 Å². The molecule has 0 spiro atoms. The van der Waals surface area contributed by atoms with Gasteiger partial charge in [0.25, 0.3) is 5.19 Å². The van der Waals surface area contributed by atoms with E-state index in [4.69, 9.17) is 10.00 Å². The van der Waals surface area contributed by atoms with Crippen molar-refractivity contribution in [2.45, 2.75) is 36.5 Å². The Kier molecular flexibility index (Phi) is 4.99. The smallest absolute Gasteiger partial charge is 0.295 e. The molecule has 0 aliphatic rings. The number of aromatic nitrogens is 2. The topological polar surface area (TPSA) is 58.8 Å². The van der Waals surface area contributed by atoms with Gasteiger partial charge in [0.1, 0.15) is 0 Å². The molecular weight excluding hydrogens is 290 g/mol. The minimum atomic E-state index is 0.108. The zero-order valence-electron chi connectivity index (χ0n) is 11.5. The van der Waals surface area contributed by atoms with Crippen LogP contribution in [0, 0.1) is 11.3 Å². The maximum Gasteiger partial charge on any atom is 0.295 e. The molecule has 0 aliphatic heterocycles. The van der Waals surface area contributed by atoms with Gasteiger partial charge in [0, 0.05) is 5.25 Å². The van der Waals surface area contributed by atoms with E-state index in [1.165, 1.54) is 11.3 Å². The van der Waals surface area contributed by atoms with E-state index in [0.29, 0.717) is 10.8 Å². The van der Waals surface area contributed by atoms with E-state index < -0.39 is 0 Å². The first-order valence-corrected chi connectivity index (χ1v) is 7.95. The number of nitrogens with zero attached hydrogens (tertiary/aromatic N) is 3. The Hall–Kier alpha value is -1.58. The zero-order chi connectivity index (χ0) is 14.5. The Morgan fingerprint density at radius 1 is 1.20 bits per heavy atom. The van der Waals surface area contributed by atoms with Crippen LogP contribution in [0.5, 0.6) is 5.19 Å². The van der Waals surface area contributed by atoms with Crippen molar-refractivity contribution in [3.8, 4) is 11.3 Å². The second-order valence-corrected chi connectivity index (χ2v) is 7.02. The molecule has 0 fully saturated rings. The van der Waals surface area contributed by atoms with Crippen LogP contribution in [0.3, 0.4) is 0 Å². The quantitative estimate of drug-likeness (QED) is 0.780. The van der Waals surface area contributed by atoms with Gasteiger partial charge in [-0.05, 0) is 49.8 Å². The van der Waals surface area contributed by atoms with Gasteiger partial charge in [0.2, 0.25) is 0 Å². The third kappa shape index (κ3) is 3.95. The number of nitriles is 1. The number of rotatable bonds is 5. The highest BCUT2D eigenvalue weighted by molar-refractivity contribution is 8.01. The molecule has 104 valence electrons. The van der Waals surface area contributed by atoms with E-state index >= 15 is 0 Å². The molecule has 0 N–H and O–H groups in total. The van der Waals surface area contributed by atoms with Crippen molar-refractivity contribution in [3.63, 3.8) is 0 Å². The van der Waals surface area contributed by atoms with Crippen LogP contribution in [0.15, 0.2) is 28.6 Å². The van der Waals surface area contributed by atoms with Gasteiger partial charge in [-0.1, -0.05) is 29.0 Å². The lowest BCUT2D eigenvalue weighted by molar-refractivity contribution is 0.239. The first-order valence-electron chi connectivity index (χ1n) is 6.25. The van der Waals surface area contributed by atoms with E-state index in [-0.39, 0.29) is 11.4 Å². The predicted octanol–water partition coefficient (Wildman–Crippen LogP) is 4.05. The van der Waals surface area contributed by atoms with E-state index in [0.717, 1.165) is 9.90 Å². The summed E-state index contributed by atoms with van der Waals surface area (Å²) >= 11 is 3.10. The molecule has 1 aromatic heterocycles. The highest BCUT2D eigenvalue weighted by Crippen LogP contribution is 2.38. The molecule has 0 aliphatic carbocycles. The van der Waals surface area contributed by atoms with Gasteiger partial charge < -0.3 is 4.74 Å². The zero-order valence-corrected chi connectivity index (χ0v) is 13.2. The standard InChI is InChI=1S/C14H15N3OS2/c1-9(2)18-13-16-17-14(20-13)19-10(3)12-6-4-11(8-15)5-7-12/h4-7,9-10H,1-3H3/t10-/m0/s1. The average Bonchev–Trinajstić information content (AvgIpc) is 2.85. The number of hydrogen-bond donors (Lipinski definition) is 0.